The van der Waals surface area contributed by atoms with Crippen molar-refractivity contribution >= 4 is 17.5 Å². The van der Waals surface area contributed by atoms with Gasteiger partial charge in [0.25, 0.3) is 5.91 Å². The highest BCUT2D eigenvalue weighted by atomic mass is 35.5. The minimum absolute atomic E-state index is 0.0596. The fourth-order valence-corrected chi connectivity index (χ4v) is 1.36. The van der Waals surface area contributed by atoms with Crippen molar-refractivity contribution in [3.05, 3.63) is 34.6 Å². The Hall–Kier alpha value is -1.13. The van der Waals surface area contributed by atoms with E-state index in [1.807, 2.05) is 0 Å². The normalized spacial score (nSPS) is 18.7. The van der Waals surface area contributed by atoms with E-state index < -0.39 is 5.82 Å². The highest BCUT2D eigenvalue weighted by molar-refractivity contribution is 6.30. The summed E-state index contributed by atoms with van der Waals surface area (Å²) < 4.78 is 17.6. The van der Waals surface area contributed by atoms with Crippen LogP contribution < -0.4 is 5.32 Å². The number of carbonyl (C=O) groups is 1. The summed E-state index contributed by atoms with van der Waals surface area (Å²) in [5.74, 6) is -0.604. The molecule has 0 bridgehead atoms. The number of ether oxygens (including phenoxy) is 1. The zero-order valence-electron chi connectivity index (χ0n) is 7.80. The molecule has 1 atom stereocenters. The van der Waals surface area contributed by atoms with Crippen LogP contribution in [0, 0.1) is 5.82 Å². The van der Waals surface area contributed by atoms with Crippen LogP contribution in [0.3, 0.4) is 0 Å². The zero-order chi connectivity index (χ0) is 10.8. The van der Waals surface area contributed by atoms with Gasteiger partial charge in [0.05, 0.1) is 11.6 Å². The number of amides is 1. The molecule has 1 fully saturated rings. The molecule has 1 heterocycles. The molecule has 0 aromatic heterocycles. The molecule has 1 aliphatic rings. The van der Waals surface area contributed by atoms with Crippen LogP contribution in [-0.4, -0.2) is 18.6 Å². The second-order valence-corrected chi connectivity index (χ2v) is 3.70. The van der Waals surface area contributed by atoms with Gasteiger partial charge in [0.15, 0.2) is 6.10 Å². The van der Waals surface area contributed by atoms with Crippen molar-refractivity contribution < 1.29 is 13.9 Å². The SMILES string of the molecule is O=C(NCc1ccc(F)c(Cl)c1)C1CO1. The van der Waals surface area contributed by atoms with E-state index in [-0.39, 0.29) is 17.0 Å². The van der Waals surface area contributed by atoms with E-state index in [4.69, 9.17) is 16.3 Å². The Kier molecular flexibility index (Phi) is 2.88. The molecular weight excluding hydrogens is 221 g/mol. The van der Waals surface area contributed by atoms with Crippen molar-refractivity contribution in [1.82, 2.24) is 5.32 Å². The van der Waals surface area contributed by atoms with Crippen molar-refractivity contribution in [2.75, 3.05) is 6.61 Å². The average molecular weight is 230 g/mol. The highest BCUT2D eigenvalue weighted by Crippen LogP contribution is 2.16. The molecule has 5 heteroatoms. The van der Waals surface area contributed by atoms with Gasteiger partial charge in [-0.1, -0.05) is 17.7 Å². The van der Waals surface area contributed by atoms with E-state index in [9.17, 15) is 9.18 Å². The summed E-state index contributed by atoms with van der Waals surface area (Å²) in [4.78, 5) is 11.2. The standard InChI is InChI=1S/C10H9ClFNO2/c11-7-3-6(1-2-8(7)12)4-13-10(14)9-5-15-9/h1-3,9H,4-5H2,(H,13,14). The highest BCUT2D eigenvalue weighted by Gasteiger charge is 2.30. The van der Waals surface area contributed by atoms with E-state index in [0.29, 0.717) is 13.2 Å². The number of carbonyl (C=O) groups excluding carboxylic acids is 1. The van der Waals surface area contributed by atoms with Crippen LogP contribution in [0.2, 0.25) is 5.02 Å². The van der Waals surface area contributed by atoms with Crippen LogP contribution in [0.4, 0.5) is 4.39 Å². The minimum atomic E-state index is -0.461. The van der Waals surface area contributed by atoms with E-state index in [0.717, 1.165) is 5.56 Å². The fraction of sp³-hybridized carbons (Fsp3) is 0.300. The molecule has 0 aliphatic carbocycles. The number of nitrogens with one attached hydrogen (secondary N) is 1. The summed E-state index contributed by atoms with van der Waals surface area (Å²) in [5.41, 5.74) is 0.760. The van der Waals surface area contributed by atoms with Gasteiger partial charge in [0.1, 0.15) is 5.82 Å². The first kappa shape index (κ1) is 10.4. The van der Waals surface area contributed by atoms with Gasteiger partial charge in [-0.25, -0.2) is 4.39 Å². The fourth-order valence-electron chi connectivity index (χ4n) is 1.15. The van der Waals surface area contributed by atoms with Crippen LogP contribution in [-0.2, 0) is 16.1 Å². The Bertz CT molecular complexity index is 393. The molecule has 15 heavy (non-hydrogen) atoms. The maximum atomic E-state index is 12.8. The van der Waals surface area contributed by atoms with Gasteiger partial charge in [0.2, 0.25) is 0 Å². The first-order valence-corrected chi connectivity index (χ1v) is 4.88. The number of halogens is 2. The molecule has 1 amide bonds. The Balaban J connectivity index is 1.92. The predicted molar refractivity (Wildman–Crippen MR) is 53.0 cm³/mol. The van der Waals surface area contributed by atoms with E-state index >= 15 is 0 Å². The molecule has 3 nitrogen and oxygen atoms in total. The summed E-state index contributed by atoms with van der Waals surface area (Å²) in [7, 11) is 0. The largest absolute Gasteiger partial charge is 0.363 e. The minimum Gasteiger partial charge on any atom is -0.363 e. The van der Waals surface area contributed by atoms with Crippen molar-refractivity contribution in [3.8, 4) is 0 Å². The molecule has 1 aromatic carbocycles. The van der Waals surface area contributed by atoms with Gasteiger partial charge in [-0.3, -0.25) is 4.79 Å². The van der Waals surface area contributed by atoms with Crippen molar-refractivity contribution in [3.63, 3.8) is 0 Å². The first-order chi connectivity index (χ1) is 7.16. The Morgan fingerprint density at radius 3 is 3.00 bits per heavy atom. The lowest BCUT2D eigenvalue weighted by molar-refractivity contribution is -0.122. The third-order valence-corrected chi connectivity index (χ3v) is 2.37. The van der Waals surface area contributed by atoms with Gasteiger partial charge in [0, 0.05) is 6.54 Å². The Morgan fingerprint density at radius 2 is 2.40 bits per heavy atom. The molecule has 1 N–H and O–H groups in total. The summed E-state index contributed by atoms with van der Waals surface area (Å²) in [6.07, 6.45) is -0.305. The molecule has 0 spiro atoms. The lowest BCUT2D eigenvalue weighted by Gasteiger charge is -2.04. The molecule has 2 rings (SSSR count). The number of hydrogen-bond donors (Lipinski definition) is 1. The zero-order valence-corrected chi connectivity index (χ0v) is 8.55. The van der Waals surface area contributed by atoms with Gasteiger partial charge < -0.3 is 10.1 Å². The van der Waals surface area contributed by atoms with Gasteiger partial charge >= 0.3 is 0 Å². The van der Waals surface area contributed by atoms with E-state index in [1.54, 1.807) is 6.07 Å². The van der Waals surface area contributed by atoms with Crippen LogP contribution in [0.5, 0.6) is 0 Å². The molecule has 1 aromatic rings. The van der Waals surface area contributed by atoms with E-state index in [2.05, 4.69) is 5.32 Å². The first-order valence-electron chi connectivity index (χ1n) is 4.50. The second kappa shape index (κ2) is 4.16. The number of rotatable bonds is 3. The van der Waals surface area contributed by atoms with Crippen LogP contribution in [0.1, 0.15) is 5.56 Å². The third-order valence-electron chi connectivity index (χ3n) is 2.08. The predicted octanol–water partition coefficient (Wildman–Crippen LogP) is 1.49. The second-order valence-electron chi connectivity index (χ2n) is 3.29. The number of benzene rings is 1. The molecule has 1 aliphatic heterocycles. The lowest BCUT2D eigenvalue weighted by Crippen LogP contribution is -2.27. The maximum absolute atomic E-state index is 12.8. The Labute approximate surface area is 91.2 Å². The monoisotopic (exact) mass is 229 g/mol. The van der Waals surface area contributed by atoms with Crippen molar-refractivity contribution in [2.24, 2.45) is 0 Å². The molecule has 0 radical (unpaired) electrons. The smallest absolute Gasteiger partial charge is 0.251 e. The number of epoxide rings is 1. The van der Waals surface area contributed by atoms with Gasteiger partial charge in [-0.05, 0) is 17.7 Å². The van der Waals surface area contributed by atoms with Gasteiger partial charge in [-0.15, -0.1) is 0 Å². The summed E-state index contributed by atoms with van der Waals surface area (Å²) in [6.45, 7) is 0.814. The topological polar surface area (TPSA) is 41.6 Å². The van der Waals surface area contributed by atoms with Crippen molar-refractivity contribution in [2.45, 2.75) is 12.6 Å². The molecule has 1 saturated heterocycles. The van der Waals surface area contributed by atoms with Crippen molar-refractivity contribution in [1.29, 1.82) is 0 Å². The molecule has 0 saturated carbocycles. The third kappa shape index (κ3) is 2.67. The molecular formula is C10H9ClFNO2. The quantitative estimate of drug-likeness (QED) is 0.798. The van der Waals surface area contributed by atoms with Crippen LogP contribution >= 0.6 is 11.6 Å². The van der Waals surface area contributed by atoms with Crippen LogP contribution in [0.25, 0.3) is 0 Å². The lowest BCUT2D eigenvalue weighted by atomic mass is 10.2. The van der Waals surface area contributed by atoms with E-state index in [1.165, 1.54) is 12.1 Å². The Morgan fingerprint density at radius 1 is 1.67 bits per heavy atom. The maximum Gasteiger partial charge on any atom is 0.251 e. The summed E-state index contributed by atoms with van der Waals surface area (Å²) >= 11 is 5.59. The molecule has 1 unspecified atom stereocenters. The van der Waals surface area contributed by atoms with Gasteiger partial charge in [-0.2, -0.15) is 0 Å². The summed E-state index contributed by atoms with van der Waals surface area (Å²) in [6, 6.07) is 4.34. The average Bonchev–Trinajstić information content (AvgIpc) is 3.03. The van der Waals surface area contributed by atoms with Crippen LogP contribution in [0.15, 0.2) is 18.2 Å². The molecule has 80 valence electrons. The summed E-state index contributed by atoms with van der Waals surface area (Å²) in [5, 5.41) is 2.72. The number of hydrogen-bond acceptors (Lipinski definition) is 2.